The summed E-state index contributed by atoms with van der Waals surface area (Å²) in [5.74, 6) is 1.81. The Morgan fingerprint density at radius 3 is 3.00 bits per heavy atom. The topological polar surface area (TPSA) is 65.6 Å². The van der Waals surface area contributed by atoms with Gasteiger partial charge in [0, 0.05) is 25.0 Å². The van der Waals surface area contributed by atoms with Crippen molar-refractivity contribution >= 4 is 0 Å². The number of nitrogens with zero attached hydrogens (tertiary/aromatic N) is 2. The molecule has 2 aliphatic rings. The molecule has 5 heteroatoms. The largest absolute Gasteiger partial charge is 0.314 e. The molecule has 2 heterocycles. The van der Waals surface area contributed by atoms with Gasteiger partial charge in [-0.25, -0.2) is 4.98 Å². The van der Waals surface area contributed by atoms with E-state index < -0.39 is 0 Å². The van der Waals surface area contributed by atoms with Crippen LogP contribution >= 0.6 is 0 Å². The van der Waals surface area contributed by atoms with Crippen LogP contribution in [0.4, 0.5) is 0 Å². The van der Waals surface area contributed by atoms with Gasteiger partial charge >= 0.3 is 0 Å². The summed E-state index contributed by atoms with van der Waals surface area (Å²) in [5, 5.41) is 14.3. The Morgan fingerprint density at radius 2 is 2.21 bits per heavy atom. The number of aromatic amines is 1. The molecule has 0 spiro atoms. The van der Waals surface area contributed by atoms with Crippen molar-refractivity contribution in [2.45, 2.75) is 57.0 Å². The molecule has 0 radical (unpaired) electrons. The normalized spacial score (nSPS) is 31.7. The number of nitrogens with one attached hydrogen (secondary N) is 3. The minimum atomic E-state index is 0.693. The molecule has 5 nitrogen and oxygen atoms in total. The van der Waals surface area contributed by atoms with Crippen LogP contribution in [0.3, 0.4) is 0 Å². The Balaban J connectivity index is 1.46. The van der Waals surface area contributed by atoms with Gasteiger partial charge < -0.3 is 10.6 Å². The minimum Gasteiger partial charge on any atom is -0.314 e. The van der Waals surface area contributed by atoms with Crippen LogP contribution in [0.1, 0.15) is 44.3 Å². The Hall–Kier alpha value is -0.940. The smallest absolute Gasteiger partial charge is 0.137 e. The lowest BCUT2D eigenvalue weighted by Gasteiger charge is -2.33. The summed E-state index contributed by atoms with van der Waals surface area (Å²) in [5.41, 5.74) is 0. The number of hydrogen-bond acceptors (Lipinski definition) is 4. The van der Waals surface area contributed by atoms with E-state index in [0.29, 0.717) is 6.04 Å². The highest BCUT2D eigenvalue weighted by Gasteiger charge is 2.33. The molecule has 0 aromatic carbocycles. The standard InChI is InChI=1S/C14H25N5/c1-2-8-15-12(5-1)11-4-3-6-13(11)16-9-7-14-17-10-18-19-14/h10-13,15-16H,1-9H2,(H,17,18,19). The highest BCUT2D eigenvalue weighted by molar-refractivity contribution is 4.93. The lowest BCUT2D eigenvalue weighted by Crippen LogP contribution is -2.47. The molecule has 1 saturated heterocycles. The zero-order valence-electron chi connectivity index (χ0n) is 11.6. The summed E-state index contributed by atoms with van der Waals surface area (Å²) >= 11 is 0. The first kappa shape index (κ1) is 13.1. The van der Waals surface area contributed by atoms with Crippen LogP contribution in [-0.4, -0.2) is 40.4 Å². The fourth-order valence-electron chi connectivity index (χ4n) is 3.70. The molecule has 0 bridgehead atoms. The third-order valence-corrected chi connectivity index (χ3v) is 4.67. The van der Waals surface area contributed by atoms with Crippen LogP contribution in [0.15, 0.2) is 6.33 Å². The molecule has 3 atom stereocenters. The number of aromatic nitrogens is 3. The number of piperidine rings is 1. The first-order valence-corrected chi connectivity index (χ1v) is 7.74. The lowest BCUT2D eigenvalue weighted by atomic mass is 9.88. The van der Waals surface area contributed by atoms with Gasteiger partial charge in [-0.3, -0.25) is 5.10 Å². The van der Waals surface area contributed by atoms with E-state index in [0.717, 1.165) is 30.7 Å². The Kier molecular flexibility index (Phi) is 4.45. The molecule has 1 saturated carbocycles. The molecule has 106 valence electrons. The third kappa shape index (κ3) is 3.34. The van der Waals surface area contributed by atoms with Gasteiger partial charge in [0.25, 0.3) is 0 Å². The van der Waals surface area contributed by atoms with Crippen LogP contribution in [-0.2, 0) is 6.42 Å². The summed E-state index contributed by atoms with van der Waals surface area (Å²) in [6.45, 7) is 2.22. The number of rotatable bonds is 5. The Bertz CT molecular complexity index is 358. The number of H-pyrrole nitrogens is 1. The maximum absolute atomic E-state index is 4.17. The highest BCUT2D eigenvalue weighted by Crippen LogP contribution is 2.31. The molecule has 1 aromatic heterocycles. The SMILES string of the molecule is c1n[nH]c(CCNC2CCCC2C2CCCCN2)n1. The summed E-state index contributed by atoms with van der Waals surface area (Å²) in [6.07, 6.45) is 10.7. The molecular formula is C14H25N5. The van der Waals surface area contributed by atoms with Crippen molar-refractivity contribution in [3.63, 3.8) is 0 Å². The maximum Gasteiger partial charge on any atom is 0.137 e. The molecule has 1 aliphatic carbocycles. The molecule has 3 rings (SSSR count). The van der Waals surface area contributed by atoms with Gasteiger partial charge in [0.1, 0.15) is 12.2 Å². The van der Waals surface area contributed by atoms with E-state index in [4.69, 9.17) is 0 Å². The van der Waals surface area contributed by atoms with E-state index in [-0.39, 0.29) is 0 Å². The lowest BCUT2D eigenvalue weighted by molar-refractivity contribution is 0.258. The van der Waals surface area contributed by atoms with Crippen molar-refractivity contribution in [2.24, 2.45) is 5.92 Å². The summed E-state index contributed by atoms with van der Waals surface area (Å²) < 4.78 is 0. The second-order valence-electron chi connectivity index (χ2n) is 5.89. The van der Waals surface area contributed by atoms with Gasteiger partial charge in [0.15, 0.2) is 0 Å². The van der Waals surface area contributed by atoms with Crippen molar-refractivity contribution in [3.05, 3.63) is 12.2 Å². The van der Waals surface area contributed by atoms with Gasteiger partial charge in [0.05, 0.1) is 0 Å². The average molecular weight is 263 g/mol. The van der Waals surface area contributed by atoms with Crippen molar-refractivity contribution in [2.75, 3.05) is 13.1 Å². The first-order chi connectivity index (χ1) is 9.43. The van der Waals surface area contributed by atoms with Crippen molar-refractivity contribution in [1.29, 1.82) is 0 Å². The van der Waals surface area contributed by atoms with Gasteiger partial charge in [0.2, 0.25) is 0 Å². The molecular weight excluding hydrogens is 238 g/mol. The fraction of sp³-hybridized carbons (Fsp3) is 0.857. The fourth-order valence-corrected chi connectivity index (χ4v) is 3.70. The molecule has 19 heavy (non-hydrogen) atoms. The third-order valence-electron chi connectivity index (χ3n) is 4.67. The average Bonchev–Trinajstić information content (AvgIpc) is 3.11. The molecule has 0 amide bonds. The van der Waals surface area contributed by atoms with Crippen LogP contribution in [0.2, 0.25) is 0 Å². The van der Waals surface area contributed by atoms with E-state index in [1.54, 1.807) is 6.33 Å². The molecule has 1 aromatic rings. The minimum absolute atomic E-state index is 0.693. The molecule has 2 fully saturated rings. The molecule has 3 unspecified atom stereocenters. The maximum atomic E-state index is 4.17. The zero-order chi connectivity index (χ0) is 12.9. The van der Waals surface area contributed by atoms with Crippen molar-refractivity contribution < 1.29 is 0 Å². The second kappa shape index (κ2) is 6.48. The highest BCUT2D eigenvalue weighted by atomic mass is 15.2. The van der Waals surface area contributed by atoms with E-state index >= 15 is 0 Å². The summed E-state index contributed by atoms with van der Waals surface area (Å²) in [6, 6.07) is 1.44. The predicted molar refractivity (Wildman–Crippen MR) is 74.9 cm³/mol. The first-order valence-electron chi connectivity index (χ1n) is 7.74. The van der Waals surface area contributed by atoms with Crippen LogP contribution in [0.5, 0.6) is 0 Å². The van der Waals surface area contributed by atoms with Crippen molar-refractivity contribution in [3.8, 4) is 0 Å². The number of hydrogen-bond donors (Lipinski definition) is 3. The van der Waals surface area contributed by atoms with Crippen LogP contribution < -0.4 is 10.6 Å². The van der Waals surface area contributed by atoms with E-state index in [9.17, 15) is 0 Å². The Labute approximate surface area is 115 Å². The van der Waals surface area contributed by atoms with E-state index in [2.05, 4.69) is 25.8 Å². The Morgan fingerprint density at radius 1 is 1.21 bits per heavy atom. The molecule has 1 aliphatic heterocycles. The van der Waals surface area contributed by atoms with E-state index in [1.807, 2.05) is 0 Å². The van der Waals surface area contributed by atoms with E-state index in [1.165, 1.54) is 45.1 Å². The van der Waals surface area contributed by atoms with Crippen LogP contribution in [0.25, 0.3) is 0 Å². The van der Waals surface area contributed by atoms with Crippen LogP contribution in [0, 0.1) is 5.92 Å². The molecule has 3 N–H and O–H groups in total. The predicted octanol–water partition coefficient (Wildman–Crippen LogP) is 1.25. The monoisotopic (exact) mass is 263 g/mol. The zero-order valence-corrected chi connectivity index (χ0v) is 11.6. The van der Waals surface area contributed by atoms with Gasteiger partial charge in [-0.2, -0.15) is 5.10 Å². The second-order valence-corrected chi connectivity index (χ2v) is 5.89. The van der Waals surface area contributed by atoms with Crippen molar-refractivity contribution in [1.82, 2.24) is 25.8 Å². The van der Waals surface area contributed by atoms with Gasteiger partial charge in [-0.05, 0) is 38.1 Å². The van der Waals surface area contributed by atoms with Gasteiger partial charge in [-0.15, -0.1) is 0 Å². The summed E-state index contributed by atoms with van der Waals surface area (Å²) in [7, 11) is 0. The van der Waals surface area contributed by atoms with Gasteiger partial charge in [-0.1, -0.05) is 12.8 Å². The summed E-state index contributed by atoms with van der Waals surface area (Å²) in [4.78, 5) is 4.17. The quantitative estimate of drug-likeness (QED) is 0.748.